The van der Waals surface area contributed by atoms with Gasteiger partial charge in [-0.25, -0.2) is 0 Å². The second kappa shape index (κ2) is 8.97. The number of nitrogens with zero attached hydrogens (tertiary/aromatic N) is 3. The van der Waals surface area contributed by atoms with Crippen LogP contribution in [0.3, 0.4) is 0 Å². The number of rotatable bonds is 5. The summed E-state index contributed by atoms with van der Waals surface area (Å²) in [7, 11) is 0. The van der Waals surface area contributed by atoms with Crippen molar-refractivity contribution in [2.45, 2.75) is 25.3 Å². The standard InChI is InChI=1S/C26H23ClN4O/c27-22-8-6-20(7-9-22)25-24(19-10-13-28-14-11-19)26(30-29-25)21-12-15-31(23(32)16-21)17-18-4-2-1-3-5-18/h1-11,13-14,21H,12,15-17H2,(H,29,30). The summed E-state index contributed by atoms with van der Waals surface area (Å²) in [5.41, 5.74) is 6.08. The quantitative estimate of drug-likeness (QED) is 0.431. The van der Waals surface area contributed by atoms with Crippen LogP contribution >= 0.6 is 11.6 Å². The number of H-pyrrole nitrogens is 1. The smallest absolute Gasteiger partial charge is 0.223 e. The van der Waals surface area contributed by atoms with Crippen LogP contribution in [0.1, 0.15) is 30.0 Å². The fourth-order valence-electron chi connectivity index (χ4n) is 4.37. The van der Waals surface area contributed by atoms with Crippen molar-refractivity contribution in [1.82, 2.24) is 20.1 Å². The molecule has 0 radical (unpaired) electrons. The van der Waals surface area contributed by atoms with Gasteiger partial charge in [0.05, 0.1) is 0 Å². The molecule has 0 bridgehead atoms. The molecular formula is C26H23ClN4O. The maximum Gasteiger partial charge on any atom is 0.223 e. The lowest BCUT2D eigenvalue weighted by molar-refractivity contribution is -0.134. The Kier molecular flexibility index (Phi) is 5.73. The van der Waals surface area contributed by atoms with Gasteiger partial charge in [-0.2, -0.15) is 5.10 Å². The third kappa shape index (κ3) is 4.16. The Bertz CT molecular complexity index is 1210. The number of carbonyl (C=O) groups excluding carboxylic acids is 1. The van der Waals surface area contributed by atoms with Gasteiger partial charge in [0.25, 0.3) is 0 Å². The van der Waals surface area contributed by atoms with Crippen LogP contribution < -0.4 is 0 Å². The number of hydrogen-bond donors (Lipinski definition) is 1. The molecule has 2 aromatic carbocycles. The van der Waals surface area contributed by atoms with Gasteiger partial charge in [0, 0.05) is 59.7 Å². The Labute approximate surface area is 192 Å². The first kappa shape index (κ1) is 20.5. The van der Waals surface area contributed by atoms with Crippen LogP contribution in [0.25, 0.3) is 22.4 Å². The van der Waals surface area contributed by atoms with E-state index in [1.165, 1.54) is 0 Å². The Balaban J connectivity index is 1.45. The van der Waals surface area contributed by atoms with Crippen molar-refractivity contribution in [2.24, 2.45) is 0 Å². The first-order chi connectivity index (χ1) is 15.7. The molecular weight excluding hydrogens is 420 g/mol. The minimum Gasteiger partial charge on any atom is -0.338 e. The Morgan fingerprint density at radius 2 is 1.72 bits per heavy atom. The maximum atomic E-state index is 13.0. The molecule has 4 aromatic rings. The highest BCUT2D eigenvalue weighted by Gasteiger charge is 2.31. The number of hydrogen-bond acceptors (Lipinski definition) is 3. The van der Waals surface area contributed by atoms with Gasteiger partial charge in [-0.3, -0.25) is 14.9 Å². The predicted molar refractivity (Wildman–Crippen MR) is 126 cm³/mol. The predicted octanol–water partition coefficient (Wildman–Crippen LogP) is 5.70. The fraction of sp³-hybridized carbons (Fsp3) is 0.192. The molecule has 5 nitrogen and oxygen atoms in total. The van der Waals surface area contributed by atoms with Gasteiger partial charge in [0.15, 0.2) is 0 Å². The van der Waals surface area contributed by atoms with Crippen LogP contribution in [0.15, 0.2) is 79.1 Å². The van der Waals surface area contributed by atoms with Gasteiger partial charge >= 0.3 is 0 Å². The minimum atomic E-state index is 0.0891. The summed E-state index contributed by atoms with van der Waals surface area (Å²) in [6.45, 7) is 1.38. The van der Waals surface area contributed by atoms with E-state index in [9.17, 15) is 4.79 Å². The van der Waals surface area contributed by atoms with Crippen LogP contribution in [0.4, 0.5) is 0 Å². The van der Waals surface area contributed by atoms with Crippen LogP contribution in [0, 0.1) is 0 Å². The van der Waals surface area contributed by atoms with Crippen LogP contribution in [0.2, 0.25) is 5.02 Å². The molecule has 6 heteroatoms. The van der Waals surface area contributed by atoms with E-state index in [1.54, 1.807) is 12.4 Å². The second-order valence-corrected chi connectivity index (χ2v) is 8.53. The van der Waals surface area contributed by atoms with Gasteiger partial charge in [0.1, 0.15) is 5.69 Å². The number of aromatic nitrogens is 3. The van der Waals surface area contributed by atoms with Crippen molar-refractivity contribution in [3.63, 3.8) is 0 Å². The van der Waals surface area contributed by atoms with Crippen molar-refractivity contribution < 1.29 is 4.79 Å². The highest BCUT2D eigenvalue weighted by atomic mass is 35.5. The third-order valence-electron chi connectivity index (χ3n) is 6.03. The summed E-state index contributed by atoms with van der Waals surface area (Å²) in [5.74, 6) is 0.264. The zero-order chi connectivity index (χ0) is 21.9. The van der Waals surface area contributed by atoms with E-state index >= 15 is 0 Å². The molecule has 1 N–H and O–H groups in total. The summed E-state index contributed by atoms with van der Waals surface area (Å²) in [6.07, 6.45) is 4.92. The molecule has 0 aliphatic carbocycles. The number of halogens is 1. The zero-order valence-electron chi connectivity index (χ0n) is 17.5. The molecule has 1 aliphatic rings. The van der Waals surface area contributed by atoms with Crippen LogP contribution in [0.5, 0.6) is 0 Å². The molecule has 1 fully saturated rings. The SMILES string of the molecule is O=C1CC(c2[nH]nc(-c3ccc(Cl)cc3)c2-c2ccncc2)CCN1Cc1ccccc1. The number of amides is 1. The molecule has 1 unspecified atom stereocenters. The third-order valence-corrected chi connectivity index (χ3v) is 6.28. The minimum absolute atomic E-state index is 0.0891. The van der Waals surface area contributed by atoms with E-state index in [0.29, 0.717) is 18.0 Å². The summed E-state index contributed by atoms with van der Waals surface area (Å²) < 4.78 is 0. The molecule has 32 heavy (non-hydrogen) atoms. The molecule has 1 aliphatic heterocycles. The first-order valence-corrected chi connectivity index (χ1v) is 11.1. The highest BCUT2D eigenvalue weighted by Crippen LogP contribution is 2.40. The van der Waals surface area contributed by atoms with Gasteiger partial charge in [-0.15, -0.1) is 0 Å². The molecule has 1 atom stereocenters. The molecule has 3 heterocycles. The molecule has 1 saturated heterocycles. The Morgan fingerprint density at radius 3 is 2.44 bits per heavy atom. The maximum absolute atomic E-state index is 13.0. The topological polar surface area (TPSA) is 61.9 Å². The summed E-state index contributed by atoms with van der Waals surface area (Å²) in [4.78, 5) is 19.1. The van der Waals surface area contributed by atoms with E-state index < -0.39 is 0 Å². The number of carbonyl (C=O) groups is 1. The average molecular weight is 443 g/mol. The van der Waals surface area contributed by atoms with Gasteiger partial charge in [-0.05, 0) is 41.8 Å². The number of pyridine rings is 1. The van der Waals surface area contributed by atoms with E-state index in [0.717, 1.165) is 46.6 Å². The molecule has 5 rings (SSSR count). The lowest BCUT2D eigenvalue weighted by atomic mass is 9.87. The largest absolute Gasteiger partial charge is 0.338 e. The molecule has 160 valence electrons. The highest BCUT2D eigenvalue weighted by molar-refractivity contribution is 6.30. The van der Waals surface area contributed by atoms with Gasteiger partial charge in [0.2, 0.25) is 5.91 Å². The Hall–Kier alpha value is -3.44. The number of nitrogens with one attached hydrogen (secondary N) is 1. The summed E-state index contributed by atoms with van der Waals surface area (Å²) in [6, 6.07) is 21.8. The summed E-state index contributed by atoms with van der Waals surface area (Å²) in [5, 5.41) is 8.62. The van der Waals surface area contributed by atoms with Crippen LogP contribution in [-0.4, -0.2) is 32.5 Å². The molecule has 0 saturated carbocycles. The number of piperidine rings is 1. The van der Waals surface area contributed by atoms with Crippen molar-refractivity contribution in [3.05, 3.63) is 95.4 Å². The molecule has 2 aromatic heterocycles. The van der Waals surface area contributed by atoms with Crippen molar-refractivity contribution in [2.75, 3.05) is 6.54 Å². The second-order valence-electron chi connectivity index (χ2n) is 8.09. The van der Waals surface area contributed by atoms with E-state index in [1.807, 2.05) is 59.5 Å². The zero-order valence-corrected chi connectivity index (χ0v) is 18.3. The van der Waals surface area contributed by atoms with E-state index in [2.05, 4.69) is 27.3 Å². The summed E-state index contributed by atoms with van der Waals surface area (Å²) >= 11 is 6.09. The van der Waals surface area contributed by atoms with E-state index in [4.69, 9.17) is 11.6 Å². The fourth-order valence-corrected chi connectivity index (χ4v) is 4.50. The van der Waals surface area contributed by atoms with Crippen molar-refractivity contribution in [3.8, 4) is 22.4 Å². The number of benzene rings is 2. The number of likely N-dealkylation sites (tertiary alicyclic amines) is 1. The Morgan fingerprint density at radius 1 is 0.969 bits per heavy atom. The van der Waals surface area contributed by atoms with Crippen molar-refractivity contribution >= 4 is 17.5 Å². The lowest BCUT2D eigenvalue weighted by Crippen LogP contribution is -2.37. The number of aromatic amines is 1. The lowest BCUT2D eigenvalue weighted by Gasteiger charge is -2.32. The normalized spacial score (nSPS) is 16.3. The van der Waals surface area contributed by atoms with Gasteiger partial charge in [-0.1, -0.05) is 54.1 Å². The van der Waals surface area contributed by atoms with Crippen molar-refractivity contribution in [1.29, 1.82) is 0 Å². The molecule has 0 spiro atoms. The molecule has 1 amide bonds. The average Bonchev–Trinajstić information content (AvgIpc) is 3.27. The van der Waals surface area contributed by atoms with E-state index in [-0.39, 0.29) is 11.8 Å². The first-order valence-electron chi connectivity index (χ1n) is 10.8. The monoisotopic (exact) mass is 442 g/mol. The van der Waals surface area contributed by atoms with Crippen LogP contribution in [-0.2, 0) is 11.3 Å². The van der Waals surface area contributed by atoms with Gasteiger partial charge < -0.3 is 4.90 Å².